The summed E-state index contributed by atoms with van der Waals surface area (Å²) in [5.74, 6) is 0.560. The summed E-state index contributed by atoms with van der Waals surface area (Å²) in [7, 11) is 0. The van der Waals surface area contributed by atoms with Gasteiger partial charge in [0.05, 0.1) is 19.8 Å². The van der Waals surface area contributed by atoms with Crippen molar-refractivity contribution < 1.29 is 14.3 Å². The highest BCUT2D eigenvalue weighted by atomic mass is 16.5. The van der Waals surface area contributed by atoms with E-state index in [-0.39, 0.29) is 34.8 Å². The predicted molar refractivity (Wildman–Crippen MR) is 111 cm³/mol. The van der Waals surface area contributed by atoms with Gasteiger partial charge in [0, 0.05) is 18.5 Å². The molecule has 2 amide bonds. The number of amides is 2. The van der Waals surface area contributed by atoms with E-state index in [4.69, 9.17) is 10.5 Å². The van der Waals surface area contributed by atoms with E-state index in [1.165, 1.54) is 0 Å². The fourth-order valence-electron chi connectivity index (χ4n) is 3.77. The molecule has 27 heavy (non-hydrogen) atoms. The molecule has 0 heterocycles. The van der Waals surface area contributed by atoms with Gasteiger partial charge in [0.15, 0.2) is 0 Å². The van der Waals surface area contributed by atoms with Gasteiger partial charge in [0.25, 0.3) is 0 Å². The molecule has 0 atom stereocenters. The molecule has 160 valence electrons. The molecular formula is C21H43N3O3. The van der Waals surface area contributed by atoms with Gasteiger partial charge in [-0.1, -0.05) is 55.4 Å². The lowest BCUT2D eigenvalue weighted by atomic mass is 9.74. The molecule has 0 aromatic heterocycles. The molecule has 0 saturated heterocycles. The molecule has 6 nitrogen and oxygen atoms in total. The van der Waals surface area contributed by atoms with E-state index in [1.807, 2.05) is 13.8 Å². The minimum atomic E-state index is -0.362. The van der Waals surface area contributed by atoms with Gasteiger partial charge in [-0.25, -0.2) is 0 Å². The molecule has 0 radical (unpaired) electrons. The minimum absolute atomic E-state index is 0.0296. The van der Waals surface area contributed by atoms with Gasteiger partial charge in [0.1, 0.15) is 0 Å². The smallest absolute Gasteiger partial charge is 0.225 e. The molecule has 4 N–H and O–H groups in total. The number of hydrogen-bond acceptors (Lipinski definition) is 4. The average molecular weight is 386 g/mol. The molecule has 0 saturated carbocycles. The number of rotatable bonds is 13. The van der Waals surface area contributed by atoms with Crippen molar-refractivity contribution in [2.75, 3.05) is 26.4 Å². The number of ether oxygens (including phenoxy) is 1. The van der Waals surface area contributed by atoms with Crippen LogP contribution in [-0.2, 0) is 14.3 Å². The van der Waals surface area contributed by atoms with Crippen LogP contribution in [0.3, 0.4) is 0 Å². The van der Waals surface area contributed by atoms with Gasteiger partial charge in [-0.2, -0.15) is 0 Å². The van der Waals surface area contributed by atoms with Crippen LogP contribution in [0, 0.1) is 22.2 Å². The van der Waals surface area contributed by atoms with Crippen molar-refractivity contribution in [3.8, 4) is 0 Å². The van der Waals surface area contributed by atoms with Crippen LogP contribution in [0.25, 0.3) is 0 Å². The fourth-order valence-corrected chi connectivity index (χ4v) is 3.77. The molecule has 6 heteroatoms. The molecule has 0 bridgehead atoms. The molecule has 0 spiro atoms. The Labute approximate surface area is 166 Å². The largest absolute Gasteiger partial charge is 0.366 e. The van der Waals surface area contributed by atoms with Crippen molar-refractivity contribution in [1.82, 2.24) is 10.6 Å². The lowest BCUT2D eigenvalue weighted by Gasteiger charge is -2.36. The van der Waals surface area contributed by atoms with Crippen molar-refractivity contribution in [1.29, 1.82) is 0 Å². The topological polar surface area (TPSA) is 93.5 Å². The van der Waals surface area contributed by atoms with E-state index >= 15 is 0 Å². The molecule has 0 aromatic rings. The minimum Gasteiger partial charge on any atom is -0.366 e. The number of hydrogen-bond donors (Lipinski definition) is 3. The highest BCUT2D eigenvalue weighted by Crippen LogP contribution is 2.33. The van der Waals surface area contributed by atoms with Crippen LogP contribution in [0.1, 0.15) is 74.7 Å². The van der Waals surface area contributed by atoms with Gasteiger partial charge in [-0.05, 0) is 29.6 Å². The maximum absolute atomic E-state index is 12.6. The van der Waals surface area contributed by atoms with Gasteiger partial charge in [0.2, 0.25) is 11.8 Å². The summed E-state index contributed by atoms with van der Waals surface area (Å²) in [6, 6.07) is 0. The van der Waals surface area contributed by atoms with Crippen molar-refractivity contribution >= 4 is 11.8 Å². The lowest BCUT2D eigenvalue weighted by Crippen LogP contribution is -2.44. The summed E-state index contributed by atoms with van der Waals surface area (Å²) < 4.78 is 5.00. The van der Waals surface area contributed by atoms with E-state index < -0.39 is 0 Å². The summed E-state index contributed by atoms with van der Waals surface area (Å²) in [5, 5.41) is 6.10. The van der Waals surface area contributed by atoms with Crippen molar-refractivity contribution in [2.24, 2.45) is 27.9 Å². The Balaban J connectivity index is 4.49. The SMILES string of the molecule is CC(C)CC(C)(C)C(=O)NCC(C)(C)CC(C)(C)CNC(=O)CCOCN. The second kappa shape index (κ2) is 11.0. The molecule has 0 aliphatic rings. The van der Waals surface area contributed by atoms with Crippen molar-refractivity contribution in [2.45, 2.75) is 74.7 Å². The third-order valence-corrected chi connectivity index (χ3v) is 4.57. The van der Waals surface area contributed by atoms with E-state index in [0.29, 0.717) is 32.0 Å². The third-order valence-electron chi connectivity index (χ3n) is 4.57. The van der Waals surface area contributed by atoms with Crippen molar-refractivity contribution in [3.05, 3.63) is 0 Å². The van der Waals surface area contributed by atoms with Crippen LogP contribution in [-0.4, -0.2) is 38.2 Å². The highest BCUT2D eigenvalue weighted by Gasteiger charge is 2.32. The quantitative estimate of drug-likeness (QED) is 0.335. The van der Waals surface area contributed by atoms with E-state index in [9.17, 15) is 9.59 Å². The number of nitrogens with one attached hydrogen (secondary N) is 2. The molecule has 0 rings (SSSR count). The maximum Gasteiger partial charge on any atom is 0.225 e. The van der Waals surface area contributed by atoms with E-state index in [2.05, 4.69) is 52.2 Å². The number of carbonyl (C=O) groups is 2. The second-order valence-electron chi connectivity index (χ2n) is 10.3. The second-order valence-corrected chi connectivity index (χ2v) is 10.3. The Kier molecular flexibility index (Phi) is 10.5. The zero-order valence-electron chi connectivity index (χ0n) is 18.8. The Bertz CT molecular complexity index is 471. The van der Waals surface area contributed by atoms with Gasteiger partial charge in [-0.3, -0.25) is 9.59 Å². The first-order valence-corrected chi connectivity index (χ1v) is 10.0. The van der Waals surface area contributed by atoms with Gasteiger partial charge in [-0.15, -0.1) is 0 Å². The van der Waals surface area contributed by atoms with Crippen LogP contribution in [0.5, 0.6) is 0 Å². The van der Waals surface area contributed by atoms with Crippen LogP contribution >= 0.6 is 0 Å². The standard InChI is InChI=1S/C21H43N3O3/c1-16(2)11-21(7,8)18(26)24-14-20(5,6)12-19(3,4)13-23-17(25)9-10-27-15-22/h16H,9-15,22H2,1-8H3,(H,23,25)(H,24,26). The zero-order valence-corrected chi connectivity index (χ0v) is 18.8. The lowest BCUT2D eigenvalue weighted by molar-refractivity contribution is -0.130. The predicted octanol–water partition coefficient (Wildman–Crippen LogP) is 3.06. The zero-order chi connectivity index (χ0) is 21.3. The maximum atomic E-state index is 12.6. The normalized spacial score (nSPS) is 13.0. The summed E-state index contributed by atoms with van der Waals surface area (Å²) in [5.41, 5.74) is 4.74. The molecule has 0 aliphatic carbocycles. The third kappa shape index (κ3) is 12.0. The number of carbonyl (C=O) groups excluding carboxylic acids is 2. The fraction of sp³-hybridized carbons (Fsp3) is 0.905. The summed E-state index contributed by atoms with van der Waals surface area (Å²) >= 11 is 0. The van der Waals surface area contributed by atoms with E-state index in [1.54, 1.807) is 0 Å². The Morgan fingerprint density at radius 2 is 1.48 bits per heavy atom. The first-order chi connectivity index (χ1) is 12.2. The first kappa shape index (κ1) is 25.9. The number of nitrogens with two attached hydrogens (primary N) is 1. The summed E-state index contributed by atoms with van der Waals surface area (Å²) in [4.78, 5) is 24.4. The Morgan fingerprint density at radius 3 is 1.96 bits per heavy atom. The van der Waals surface area contributed by atoms with Gasteiger partial charge >= 0.3 is 0 Å². The molecular weight excluding hydrogens is 342 g/mol. The molecule has 0 fully saturated rings. The monoisotopic (exact) mass is 385 g/mol. The van der Waals surface area contributed by atoms with Gasteiger partial charge < -0.3 is 21.1 Å². The summed E-state index contributed by atoms with van der Waals surface area (Å²) in [6.07, 6.45) is 2.06. The first-order valence-electron chi connectivity index (χ1n) is 10.0. The highest BCUT2D eigenvalue weighted by molar-refractivity contribution is 5.81. The van der Waals surface area contributed by atoms with Crippen molar-refractivity contribution in [3.63, 3.8) is 0 Å². The Hall–Kier alpha value is -1.14. The molecule has 0 unspecified atom stereocenters. The average Bonchev–Trinajstić information content (AvgIpc) is 2.49. The summed E-state index contributed by atoms with van der Waals surface area (Å²) in [6.45, 7) is 18.5. The molecule has 0 aromatic carbocycles. The van der Waals surface area contributed by atoms with Crippen LogP contribution in [0.15, 0.2) is 0 Å². The van der Waals surface area contributed by atoms with Crippen LogP contribution < -0.4 is 16.4 Å². The van der Waals surface area contributed by atoms with Crippen LogP contribution in [0.4, 0.5) is 0 Å². The van der Waals surface area contributed by atoms with Crippen LogP contribution in [0.2, 0.25) is 0 Å². The Morgan fingerprint density at radius 1 is 0.963 bits per heavy atom. The van der Waals surface area contributed by atoms with E-state index in [0.717, 1.165) is 12.8 Å². The molecule has 0 aliphatic heterocycles.